The number of nitrogens with two attached hydrogens (primary N) is 1. The van der Waals surface area contributed by atoms with Gasteiger partial charge >= 0.3 is 0 Å². The Morgan fingerprint density at radius 2 is 1.79 bits per heavy atom. The molecule has 0 aromatic heterocycles. The molecule has 0 spiro atoms. The molecule has 5 nitrogen and oxygen atoms in total. The fourth-order valence-electron chi connectivity index (χ4n) is 2.85. The Kier molecular flexibility index (Phi) is 10.5. The van der Waals surface area contributed by atoms with Crippen LogP contribution >= 0.6 is 24.0 Å². The fourth-order valence-corrected chi connectivity index (χ4v) is 2.85. The van der Waals surface area contributed by atoms with Crippen LogP contribution < -0.4 is 16.4 Å². The van der Waals surface area contributed by atoms with E-state index < -0.39 is 0 Å². The van der Waals surface area contributed by atoms with Gasteiger partial charge in [-0.2, -0.15) is 0 Å². The van der Waals surface area contributed by atoms with Crippen molar-refractivity contribution >= 4 is 35.8 Å². The van der Waals surface area contributed by atoms with Gasteiger partial charge in [0.25, 0.3) is 5.91 Å². The molecule has 2 rings (SSSR count). The number of nitrogens with zero attached hydrogens (tertiary/aromatic N) is 1. The van der Waals surface area contributed by atoms with E-state index >= 15 is 0 Å². The Hall–Kier alpha value is -1.31. The third-order valence-corrected chi connectivity index (χ3v) is 4.15. The molecule has 1 aromatic rings. The third-order valence-electron chi connectivity index (χ3n) is 4.15. The van der Waals surface area contributed by atoms with Crippen LogP contribution in [0.2, 0.25) is 0 Å². The smallest absolute Gasteiger partial charge is 0.251 e. The summed E-state index contributed by atoms with van der Waals surface area (Å²) in [6.45, 7) is 1.23. The summed E-state index contributed by atoms with van der Waals surface area (Å²) in [7, 11) is 0. The Bertz CT molecular complexity index is 499. The average molecular weight is 444 g/mol. The number of halogens is 1. The fraction of sp³-hybridized carbons (Fsp3) is 0.556. The number of amides is 1. The topological polar surface area (TPSA) is 79.5 Å². The van der Waals surface area contributed by atoms with E-state index in [2.05, 4.69) is 15.6 Å². The lowest BCUT2D eigenvalue weighted by atomic mass is 10.1. The van der Waals surface area contributed by atoms with Crippen LogP contribution in [0.25, 0.3) is 0 Å². The van der Waals surface area contributed by atoms with Crippen LogP contribution in [-0.4, -0.2) is 31.0 Å². The molecule has 0 bridgehead atoms. The Morgan fingerprint density at radius 3 is 2.46 bits per heavy atom. The first kappa shape index (κ1) is 20.7. The number of nitrogens with one attached hydrogen (secondary N) is 2. The third kappa shape index (κ3) is 7.99. The number of rotatable bonds is 6. The zero-order valence-corrected chi connectivity index (χ0v) is 16.5. The molecule has 1 aromatic carbocycles. The molecule has 0 atom stereocenters. The van der Waals surface area contributed by atoms with Crippen molar-refractivity contribution in [3.05, 3.63) is 35.9 Å². The molecule has 24 heavy (non-hydrogen) atoms. The van der Waals surface area contributed by atoms with E-state index in [4.69, 9.17) is 5.73 Å². The van der Waals surface area contributed by atoms with Gasteiger partial charge in [-0.25, -0.2) is 0 Å². The molecule has 0 saturated heterocycles. The van der Waals surface area contributed by atoms with E-state index in [9.17, 15) is 4.79 Å². The van der Waals surface area contributed by atoms with E-state index in [-0.39, 0.29) is 29.9 Å². The maximum atomic E-state index is 11.9. The molecule has 1 saturated carbocycles. The second-order valence-corrected chi connectivity index (χ2v) is 6.08. The van der Waals surface area contributed by atoms with Gasteiger partial charge < -0.3 is 16.4 Å². The quantitative estimate of drug-likeness (QED) is 0.208. The summed E-state index contributed by atoms with van der Waals surface area (Å²) >= 11 is 0. The summed E-state index contributed by atoms with van der Waals surface area (Å²) in [5.74, 6) is 0.491. The van der Waals surface area contributed by atoms with E-state index in [0.717, 1.165) is 6.42 Å². The van der Waals surface area contributed by atoms with Crippen molar-refractivity contribution in [2.75, 3.05) is 13.1 Å². The van der Waals surface area contributed by atoms with Crippen LogP contribution in [0.1, 0.15) is 55.3 Å². The molecule has 4 N–H and O–H groups in total. The highest BCUT2D eigenvalue weighted by molar-refractivity contribution is 14.0. The molecule has 0 aliphatic heterocycles. The lowest BCUT2D eigenvalue weighted by molar-refractivity contribution is 0.0953. The van der Waals surface area contributed by atoms with E-state index in [0.29, 0.717) is 30.7 Å². The van der Waals surface area contributed by atoms with Gasteiger partial charge in [-0.3, -0.25) is 9.79 Å². The highest BCUT2D eigenvalue weighted by atomic mass is 127. The molecule has 134 valence electrons. The molecule has 0 unspecified atom stereocenters. The van der Waals surface area contributed by atoms with Crippen LogP contribution in [0.4, 0.5) is 0 Å². The molecule has 1 aliphatic rings. The van der Waals surface area contributed by atoms with Crippen molar-refractivity contribution in [2.24, 2.45) is 10.7 Å². The molecule has 1 amide bonds. The minimum Gasteiger partial charge on any atom is -0.370 e. The summed E-state index contributed by atoms with van der Waals surface area (Å²) < 4.78 is 0. The predicted molar refractivity (Wildman–Crippen MR) is 110 cm³/mol. The summed E-state index contributed by atoms with van der Waals surface area (Å²) in [5, 5.41) is 6.22. The zero-order chi connectivity index (χ0) is 16.3. The average Bonchev–Trinajstić information content (AvgIpc) is 2.84. The van der Waals surface area contributed by atoms with Crippen molar-refractivity contribution in [3.8, 4) is 0 Å². The van der Waals surface area contributed by atoms with Gasteiger partial charge in [0.2, 0.25) is 0 Å². The standard InChI is InChI=1S/C18H28N4O.HI/c19-18(22-16-11-6-1-2-7-12-16)21-14-8-13-20-17(23)15-9-4-3-5-10-15;/h3-5,9-10,16H,1-2,6-8,11-14H2,(H,20,23)(H3,19,21,22);1H. The summed E-state index contributed by atoms with van der Waals surface area (Å²) in [6, 6.07) is 9.71. The van der Waals surface area contributed by atoms with Gasteiger partial charge in [0.1, 0.15) is 0 Å². The molecular formula is C18H29IN4O. The highest BCUT2D eigenvalue weighted by Gasteiger charge is 2.12. The molecule has 0 radical (unpaired) electrons. The molecule has 0 heterocycles. The number of hydrogen-bond acceptors (Lipinski definition) is 2. The van der Waals surface area contributed by atoms with Gasteiger partial charge in [-0.15, -0.1) is 24.0 Å². The van der Waals surface area contributed by atoms with Crippen LogP contribution in [0, 0.1) is 0 Å². The first-order chi connectivity index (χ1) is 11.3. The Morgan fingerprint density at radius 1 is 1.12 bits per heavy atom. The molecule has 1 fully saturated rings. The minimum absolute atomic E-state index is 0. The first-order valence-electron chi connectivity index (χ1n) is 8.65. The number of guanidine groups is 1. The van der Waals surface area contributed by atoms with E-state index in [1.165, 1.54) is 38.5 Å². The maximum absolute atomic E-state index is 11.9. The summed E-state index contributed by atoms with van der Waals surface area (Å²) in [6.07, 6.45) is 8.36. The van der Waals surface area contributed by atoms with Crippen molar-refractivity contribution in [2.45, 2.75) is 51.0 Å². The van der Waals surface area contributed by atoms with Crippen LogP contribution in [0.5, 0.6) is 0 Å². The van der Waals surface area contributed by atoms with Gasteiger partial charge in [-0.1, -0.05) is 43.9 Å². The summed E-state index contributed by atoms with van der Waals surface area (Å²) in [5.41, 5.74) is 6.63. The van der Waals surface area contributed by atoms with Crippen molar-refractivity contribution in [1.29, 1.82) is 0 Å². The summed E-state index contributed by atoms with van der Waals surface area (Å²) in [4.78, 5) is 16.2. The van der Waals surface area contributed by atoms with Gasteiger partial charge in [-0.05, 0) is 31.4 Å². The van der Waals surface area contributed by atoms with E-state index in [1.54, 1.807) is 0 Å². The van der Waals surface area contributed by atoms with Crippen molar-refractivity contribution in [1.82, 2.24) is 10.6 Å². The van der Waals surface area contributed by atoms with Gasteiger partial charge in [0.05, 0.1) is 0 Å². The minimum atomic E-state index is -0.0425. The molecule has 6 heteroatoms. The monoisotopic (exact) mass is 444 g/mol. The second-order valence-electron chi connectivity index (χ2n) is 6.08. The normalized spacial score (nSPS) is 15.9. The van der Waals surface area contributed by atoms with Crippen molar-refractivity contribution < 1.29 is 4.79 Å². The van der Waals surface area contributed by atoms with E-state index in [1.807, 2.05) is 30.3 Å². The Labute approximate surface area is 161 Å². The number of aliphatic imine (C=N–C) groups is 1. The van der Waals surface area contributed by atoms with Gasteiger partial charge in [0, 0.05) is 24.7 Å². The SMILES string of the molecule is I.NC(=NCCCNC(=O)c1ccccc1)NC1CCCCCC1. The van der Waals surface area contributed by atoms with Crippen LogP contribution in [0.15, 0.2) is 35.3 Å². The van der Waals surface area contributed by atoms with Gasteiger partial charge in [0.15, 0.2) is 5.96 Å². The molecule has 1 aliphatic carbocycles. The number of hydrogen-bond donors (Lipinski definition) is 3. The number of carbonyl (C=O) groups excluding carboxylic acids is 1. The largest absolute Gasteiger partial charge is 0.370 e. The predicted octanol–water partition coefficient (Wildman–Crippen LogP) is 3.05. The molecular weight excluding hydrogens is 415 g/mol. The maximum Gasteiger partial charge on any atom is 0.251 e. The second kappa shape index (κ2) is 12.1. The lowest BCUT2D eigenvalue weighted by Gasteiger charge is -2.16. The highest BCUT2D eigenvalue weighted by Crippen LogP contribution is 2.16. The number of benzene rings is 1. The number of carbonyl (C=O) groups is 1. The van der Waals surface area contributed by atoms with Crippen LogP contribution in [0.3, 0.4) is 0 Å². The Balaban J connectivity index is 0.00000288. The van der Waals surface area contributed by atoms with Crippen LogP contribution in [-0.2, 0) is 0 Å². The lowest BCUT2D eigenvalue weighted by Crippen LogP contribution is -2.40. The first-order valence-corrected chi connectivity index (χ1v) is 8.65. The van der Waals surface area contributed by atoms with Crippen molar-refractivity contribution in [3.63, 3.8) is 0 Å². The zero-order valence-electron chi connectivity index (χ0n) is 14.2.